The number of aromatic amines is 1. The monoisotopic (exact) mass is 551 g/mol. The molecule has 5 heterocycles. The molecule has 3 aliphatic rings. The number of pyridine rings is 2. The molecule has 3 atom stereocenters. The van der Waals surface area contributed by atoms with E-state index in [1.54, 1.807) is 11.1 Å². The van der Waals surface area contributed by atoms with Gasteiger partial charge >= 0.3 is 0 Å². The number of carbonyl (C=O) groups excluding carboxylic acids is 2. The normalized spacial score (nSPS) is 23.4. The van der Waals surface area contributed by atoms with Crippen molar-refractivity contribution < 1.29 is 23.1 Å². The van der Waals surface area contributed by atoms with Gasteiger partial charge in [0.15, 0.2) is 5.82 Å². The maximum Gasteiger partial charge on any atom is 0.272 e. The number of amides is 2. The molecule has 10 nitrogen and oxygen atoms in total. The molecule has 210 valence electrons. The van der Waals surface area contributed by atoms with Gasteiger partial charge in [-0.15, -0.1) is 0 Å². The third-order valence-electron chi connectivity index (χ3n) is 8.30. The summed E-state index contributed by atoms with van der Waals surface area (Å²) < 4.78 is 34.3. The van der Waals surface area contributed by atoms with Crippen molar-refractivity contribution in [1.29, 1.82) is 0 Å². The standard InChI is InChI=1S/C28H31F2N7O3/c1-16-3-4-18(12-31-16)36-14-21(30)24(15-36)33-26(38)17-5-8-37(28(11-17)6-7-28)27(39)23-10-22(34-35-23)19-9-25(40-2)32-13-20(19)29/h3-4,9-10,12-13,17,21,24H,5-8,11,14-15H2,1-2H3,(H,33,38)(H,34,35)/t17?,21-,24+/m0/s1. The fourth-order valence-corrected chi connectivity index (χ4v) is 5.85. The molecule has 3 aromatic heterocycles. The Labute approximate surface area is 230 Å². The van der Waals surface area contributed by atoms with Crippen molar-refractivity contribution in [3.63, 3.8) is 0 Å². The van der Waals surface area contributed by atoms with Gasteiger partial charge in [0.05, 0.1) is 43.5 Å². The number of carbonyl (C=O) groups is 2. The number of aromatic nitrogens is 4. The van der Waals surface area contributed by atoms with Crippen molar-refractivity contribution >= 4 is 17.5 Å². The van der Waals surface area contributed by atoms with Crippen LogP contribution in [0.4, 0.5) is 14.5 Å². The zero-order valence-corrected chi connectivity index (χ0v) is 22.4. The van der Waals surface area contributed by atoms with Crippen LogP contribution in [0.1, 0.15) is 41.9 Å². The van der Waals surface area contributed by atoms with Gasteiger partial charge in [-0.05, 0) is 50.8 Å². The van der Waals surface area contributed by atoms with Crippen LogP contribution in [-0.2, 0) is 4.79 Å². The first-order chi connectivity index (χ1) is 19.3. The molecule has 2 amide bonds. The molecular formula is C28H31F2N7O3. The lowest BCUT2D eigenvalue weighted by Gasteiger charge is -2.39. The summed E-state index contributed by atoms with van der Waals surface area (Å²) in [5.41, 5.74) is 2.01. The second-order valence-electron chi connectivity index (χ2n) is 10.9. The Hall–Kier alpha value is -4.09. The molecule has 1 aliphatic carbocycles. The maximum absolute atomic E-state index is 14.9. The van der Waals surface area contributed by atoms with E-state index in [0.29, 0.717) is 25.9 Å². The van der Waals surface area contributed by atoms with Crippen molar-refractivity contribution in [2.24, 2.45) is 5.92 Å². The maximum atomic E-state index is 14.9. The highest BCUT2D eigenvalue weighted by Gasteiger charge is 2.55. The largest absolute Gasteiger partial charge is 0.481 e. The second kappa shape index (κ2) is 10.1. The van der Waals surface area contributed by atoms with Gasteiger partial charge in [-0.1, -0.05) is 0 Å². The van der Waals surface area contributed by atoms with E-state index in [4.69, 9.17) is 4.74 Å². The molecule has 2 aliphatic heterocycles. The van der Waals surface area contributed by atoms with Crippen molar-refractivity contribution in [2.45, 2.75) is 50.4 Å². The Bertz CT molecular complexity index is 1430. The summed E-state index contributed by atoms with van der Waals surface area (Å²) in [6, 6.07) is 6.15. The van der Waals surface area contributed by atoms with Crippen LogP contribution in [0.5, 0.6) is 5.88 Å². The zero-order valence-electron chi connectivity index (χ0n) is 22.4. The van der Waals surface area contributed by atoms with E-state index in [-0.39, 0.29) is 47.1 Å². The number of methoxy groups -OCH3 is 1. The Balaban J connectivity index is 1.09. The van der Waals surface area contributed by atoms with Gasteiger partial charge in [-0.3, -0.25) is 19.7 Å². The number of piperidine rings is 1. The second-order valence-corrected chi connectivity index (χ2v) is 10.9. The SMILES string of the molecule is COc1cc(-c2cc(C(=O)N3CCC(C(=O)N[C@@H]4CN(c5ccc(C)nc5)C[C@@H]4F)CC34CC4)[nH]n2)c(F)cn1. The van der Waals surface area contributed by atoms with Crippen LogP contribution in [-0.4, -0.2) is 81.4 Å². The van der Waals surface area contributed by atoms with E-state index < -0.39 is 23.6 Å². The number of nitrogens with zero attached hydrogens (tertiary/aromatic N) is 5. The van der Waals surface area contributed by atoms with Crippen molar-refractivity contribution in [3.05, 3.63) is 53.9 Å². The number of likely N-dealkylation sites (tertiary alicyclic amines) is 1. The van der Waals surface area contributed by atoms with E-state index in [1.165, 1.54) is 19.2 Å². The summed E-state index contributed by atoms with van der Waals surface area (Å²) in [6.07, 6.45) is 4.19. The van der Waals surface area contributed by atoms with Crippen molar-refractivity contribution in [3.8, 4) is 17.1 Å². The average Bonchev–Trinajstić information content (AvgIpc) is 3.36. The van der Waals surface area contributed by atoms with Gasteiger partial charge in [0, 0.05) is 41.9 Å². The fraction of sp³-hybridized carbons (Fsp3) is 0.464. The molecule has 40 heavy (non-hydrogen) atoms. The molecule has 3 aromatic rings. The topological polar surface area (TPSA) is 116 Å². The molecule has 1 unspecified atom stereocenters. The van der Waals surface area contributed by atoms with E-state index in [2.05, 4.69) is 25.5 Å². The molecule has 12 heteroatoms. The quantitative estimate of drug-likeness (QED) is 0.484. The first-order valence-corrected chi connectivity index (χ1v) is 13.5. The van der Waals surface area contributed by atoms with Gasteiger partial charge in [0.1, 0.15) is 11.9 Å². The molecule has 0 aromatic carbocycles. The van der Waals surface area contributed by atoms with E-state index >= 15 is 0 Å². The summed E-state index contributed by atoms with van der Waals surface area (Å²) in [5.74, 6) is -1.04. The number of halogens is 2. The molecule has 1 spiro atoms. The minimum atomic E-state index is -1.18. The third-order valence-corrected chi connectivity index (χ3v) is 8.30. The number of nitrogens with one attached hydrogen (secondary N) is 2. The number of hydrogen-bond acceptors (Lipinski definition) is 7. The summed E-state index contributed by atoms with van der Waals surface area (Å²) in [7, 11) is 1.43. The van der Waals surface area contributed by atoms with Gasteiger partial charge in [-0.25, -0.2) is 13.8 Å². The van der Waals surface area contributed by atoms with Crippen molar-refractivity contribution in [1.82, 2.24) is 30.4 Å². The van der Waals surface area contributed by atoms with Gasteiger partial charge in [0.2, 0.25) is 11.8 Å². The highest BCUT2D eigenvalue weighted by Crippen LogP contribution is 2.50. The van der Waals surface area contributed by atoms with Crippen LogP contribution in [0.3, 0.4) is 0 Å². The smallest absolute Gasteiger partial charge is 0.272 e. The number of ether oxygens (including phenoxy) is 1. The predicted octanol–water partition coefficient (Wildman–Crippen LogP) is 3.05. The number of hydrogen-bond donors (Lipinski definition) is 2. The first kappa shape index (κ1) is 26.1. The lowest BCUT2D eigenvalue weighted by Crippen LogP contribution is -2.52. The highest BCUT2D eigenvalue weighted by molar-refractivity contribution is 5.94. The Morgan fingerprint density at radius 3 is 2.73 bits per heavy atom. The number of anilines is 1. The summed E-state index contributed by atoms with van der Waals surface area (Å²) in [6.45, 7) is 2.88. The van der Waals surface area contributed by atoms with Crippen LogP contribution in [0.2, 0.25) is 0 Å². The first-order valence-electron chi connectivity index (χ1n) is 13.5. The molecule has 2 saturated heterocycles. The Morgan fingerprint density at radius 2 is 2.00 bits per heavy atom. The molecule has 0 bridgehead atoms. The Morgan fingerprint density at radius 1 is 1.18 bits per heavy atom. The molecule has 6 rings (SSSR count). The van der Waals surface area contributed by atoms with Crippen LogP contribution >= 0.6 is 0 Å². The fourth-order valence-electron chi connectivity index (χ4n) is 5.85. The van der Waals surface area contributed by atoms with Crippen molar-refractivity contribution in [2.75, 3.05) is 31.6 Å². The summed E-state index contributed by atoms with van der Waals surface area (Å²) in [5, 5.41) is 9.82. The van der Waals surface area contributed by atoms with Crippen LogP contribution in [0.15, 0.2) is 36.7 Å². The molecule has 3 fully saturated rings. The van der Waals surface area contributed by atoms with E-state index in [1.807, 2.05) is 24.0 Å². The number of alkyl halides is 1. The van der Waals surface area contributed by atoms with Crippen LogP contribution in [0, 0.1) is 18.7 Å². The van der Waals surface area contributed by atoms with E-state index in [0.717, 1.165) is 30.4 Å². The number of H-pyrrole nitrogens is 1. The lowest BCUT2D eigenvalue weighted by molar-refractivity contribution is -0.128. The average molecular weight is 552 g/mol. The predicted molar refractivity (Wildman–Crippen MR) is 142 cm³/mol. The lowest BCUT2D eigenvalue weighted by atomic mass is 9.87. The summed E-state index contributed by atoms with van der Waals surface area (Å²) in [4.78, 5) is 38.5. The summed E-state index contributed by atoms with van der Waals surface area (Å²) >= 11 is 0. The molecule has 1 saturated carbocycles. The molecule has 0 radical (unpaired) electrons. The minimum Gasteiger partial charge on any atom is -0.481 e. The van der Waals surface area contributed by atoms with E-state index in [9.17, 15) is 18.4 Å². The molecular weight excluding hydrogens is 520 g/mol. The minimum absolute atomic E-state index is 0.166. The van der Waals surface area contributed by atoms with Gasteiger partial charge in [0.25, 0.3) is 5.91 Å². The number of rotatable bonds is 6. The highest BCUT2D eigenvalue weighted by atomic mass is 19.1. The molecule has 2 N–H and O–H groups in total. The van der Waals surface area contributed by atoms with Gasteiger partial charge in [-0.2, -0.15) is 5.10 Å². The third kappa shape index (κ3) is 4.86. The van der Waals surface area contributed by atoms with Crippen LogP contribution in [0.25, 0.3) is 11.3 Å². The van der Waals surface area contributed by atoms with Gasteiger partial charge < -0.3 is 19.9 Å². The zero-order chi connectivity index (χ0) is 28.0. The Kier molecular flexibility index (Phi) is 6.63. The number of aryl methyl sites for hydroxylation is 1. The van der Waals surface area contributed by atoms with Crippen LogP contribution < -0.4 is 15.0 Å².